The van der Waals surface area contributed by atoms with Crippen molar-refractivity contribution in [3.05, 3.63) is 29.8 Å². The summed E-state index contributed by atoms with van der Waals surface area (Å²) in [5.74, 6) is 3.16. The van der Waals surface area contributed by atoms with Crippen molar-refractivity contribution in [2.45, 2.75) is 25.7 Å². The van der Waals surface area contributed by atoms with Crippen molar-refractivity contribution in [3.8, 4) is 5.82 Å². The molecule has 0 amide bonds. The summed E-state index contributed by atoms with van der Waals surface area (Å²) in [5.41, 5.74) is 1.13. The van der Waals surface area contributed by atoms with Gasteiger partial charge in [0.1, 0.15) is 11.6 Å². The Morgan fingerprint density at radius 3 is 2.76 bits per heavy atom. The largest absolute Gasteiger partial charge is 0.373 e. The molecule has 0 bridgehead atoms. The van der Waals surface area contributed by atoms with Crippen LogP contribution >= 0.6 is 0 Å². The molecule has 0 atom stereocenters. The van der Waals surface area contributed by atoms with E-state index in [1.807, 2.05) is 32.4 Å². The van der Waals surface area contributed by atoms with Gasteiger partial charge in [0.2, 0.25) is 0 Å². The minimum absolute atomic E-state index is 0.540. The standard InChI is InChI=1S/C12H15N5/c1-8-6-14-17(7-8)11-5-10(13-2)15-12(16-11)9-3-4-9/h5-7,9H,3-4H2,1-2H3,(H,13,15,16). The maximum atomic E-state index is 4.58. The molecular formula is C12H15N5. The number of aromatic nitrogens is 4. The third-order valence-electron chi connectivity index (χ3n) is 2.87. The molecule has 0 saturated heterocycles. The Morgan fingerprint density at radius 2 is 2.18 bits per heavy atom. The van der Waals surface area contributed by atoms with Crippen LogP contribution in [0.3, 0.4) is 0 Å². The van der Waals surface area contributed by atoms with Gasteiger partial charge in [-0.15, -0.1) is 0 Å². The number of hydrogen-bond donors (Lipinski definition) is 1. The Morgan fingerprint density at radius 1 is 1.35 bits per heavy atom. The predicted octanol–water partition coefficient (Wildman–Crippen LogP) is 1.89. The summed E-state index contributed by atoms with van der Waals surface area (Å²) >= 11 is 0. The van der Waals surface area contributed by atoms with Crippen LogP contribution in [-0.2, 0) is 0 Å². The first-order chi connectivity index (χ1) is 8.26. The Kier molecular flexibility index (Phi) is 2.31. The number of nitrogens with zero attached hydrogens (tertiary/aromatic N) is 4. The van der Waals surface area contributed by atoms with Gasteiger partial charge < -0.3 is 5.32 Å². The third-order valence-corrected chi connectivity index (χ3v) is 2.87. The Balaban J connectivity index is 2.05. The molecule has 17 heavy (non-hydrogen) atoms. The van der Waals surface area contributed by atoms with Crippen molar-refractivity contribution >= 4 is 5.82 Å². The minimum atomic E-state index is 0.540. The lowest BCUT2D eigenvalue weighted by atomic mass is 10.3. The summed E-state index contributed by atoms with van der Waals surface area (Å²) in [6, 6.07) is 1.92. The molecule has 0 unspecified atom stereocenters. The van der Waals surface area contributed by atoms with Crippen molar-refractivity contribution in [1.29, 1.82) is 0 Å². The fraction of sp³-hybridized carbons (Fsp3) is 0.417. The highest BCUT2D eigenvalue weighted by Gasteiger charge is 2.27. The second-order valence-corrected chi connectivity index (χ2v) is 4.46. The van der Waals surface area contributed by atoms with E-state index in [1.54, 1.807) is 4.68 Å². The maximum absolute atomic E-state index is 4.58. The van der Waals surface area contributed by atoms with E-state index in [0.29, 0.717) is 5.92 Å². The highest BCUT2D eigenvalue weighted by molar-refractivity contribution is 5.41. The van der Waals surface area contributed by atoms with Crippen LogP contribution in [0.2, 0.25) is 0 Å². The third kappa shape index (κ3) is 2.00. The molecule has 0 spiro atoms. The lowest BCUT2D eigenvalue weighted by Gasteiger charge is -2.06. The van der Waals surface area contributed by atoms with Crippen molar-refractivity contribution in [2.75, 3.05) is 12.4 Å². The Hall–Kier alpha value is -1.91. The Labute approximate surface area is 99.9 Å². The smallest absolute Gasteiger partial charge is 0.159 e. The van der Waals surface area contributed by atoms with Gasteiger partial charge in [0.05, 0.1) is 6.20 Å². The molecule has 1 saturated carbocycles. The van der Waals surface area contributed by atoms with Crippen LogP contribution in [0.4, 0.5) is 5.82 Å². The summed E-state index contributed by atoms with van der Waals surface area (Å²) in [6.07, 6.45) is 6.20. The van der Waals surface area contributed by atoms with Gasteiger partial charge >= 0.3 is 0 Å². The number of hydrogen-bond acceptors (Lipinski definition) is 4. The van der Waals surface area contributed by atoms with E-state index in [9.17, 15) is 0 Å². The van der Waals surface area contributed by atoms with Gasteiger partial charge in [-0.3, -0.25) is 0 Å². The fourth-order valence-corrected chi connectivity index (χ4v) is 1.76. The minimum Gasteiger partial charge on any atom is -0.373 e. The molecule has 1 N–H and O–H groups in total. The van der Waals surface area contributed by atoms with E-state index in [1.165, 1.54) is 12.8 Å². The summed E-state index contributed by atoms with van der Waals surface area (Å²) < 4.78 is 1.80. The van der Waals surface area contributed by atoms with Crippen LogP contribution in [0.1, 0.15) is 30.1 Å². The topological polar surface area (TPSA) is 55.6 Å². The first-order valence-electron chi connectivity index (χ1n) is 5.84. The monoisotopic (exact) mass is 229 g/mol. The van der Waals surface area contributed by atoms with Crippen molar-refractivity contribution < 1.29 is 0 Å². The zero-order valence-corrected chi connectivity index (χ0v) is 10.0. The first kappa shape index (κ1) is 10.3. The van der Waals surface area contributed by atoms with Gasteiger partial charge in [-0.2, -0.15) is 5.10 Å². The highest BCUT2D eigenvalue weighted by atomic mass is 15.3. The van der Waals surface area contributed by atoms with Crippen LogP contribution in [0, 0.1) is 6.92 Å². The van der Waals surface area contributed by atoms with E-state index in [-0.39, 0.29) is 0 Å². The van der Waals surface area contributed by atoms with Crippen LogP contribution in [-0.4, -0.2) is 26.8 Å². The molecule has 3 rings (SSSR count). The second-order valence-electron chi connectivity index (χ2n) is 4.46. The molecule has 2 aromatic rings. The zero-order valence-electron chi connectivity index (χ0n) is 10.0. The molecule has 1 aliphatic carbocycles. The average Bonchev–Trinajstić information content (AvgIpc) is 3.11. The first-order valence-corrected chi connectivity index (χ1v) is 5.84. The molecule has 1 fully saturated rings. The molecule has 0 radical (unpaired) electrons. The molecule has 1 aliphatic rings. The number of nitrogens with one attached hydrogen (secondary N) is 1. The van der Waals surface area contributed by atoms with E-state index < -0.39 is 0 Å². The lowest BCUT2D eigenvalue weighted by molar-refractivity contribution is 0.811. The second kappa shape index (κ2) is 3.84. The van der Waals surface area contributed by atoms with Crippen molar-refractivity contribution in [3.63, 3.8) is 0 Å². The van der Waals surface area contributed by atoms with Gasteiger partial charge in [0.15, 0.2) is 5.82 Å². The summed E-state index contributed by atoms with van der Waals surface area (Å²) in [7, 11) is 1.87. The SMILES string of the molecule is CNc1cc(-n2cc(C)cn2)nc(C2CC2)n1. The van der Waals surface area contributed by atoms with Crippen LogP contribution in [0.25, 0.3) is 5.82 Å². The highest BCUT2D eigenvalue weighted by Crippen LogP contribution is 2.38. The molecule has 2 heterocycles. The predicted molar refractivity (Wildman–Crippen MR) is 65.4 cm³/mol. The molecule has 5 nitrogen and oxygen atoms in total. The maximum Gasteiger partial charge on any atom is 0.159 e. The van der Waals surface area contributed by atoms with Gasteiger partial charge in [-0.1, -0.05) is 0 Å². The van der Waals surface area contributed by atoms with Crippen LogP contribution < -0.4 is 5.32 Å². The lowest BCUT2D eigenvalue weighted by Crippen LogP contribution is -2.05. The van der Waals surface area contributed by atoms with E-state index in [0.717, 1.165) is 23.0 Å². The van der Waals surface area contributed by atoms with Gasteiger partial charge in [0, 0.05) is 25.2 Å². The van der Waals surface area contributed by atoms with Gasteiger partial charge in [0.25, 0.3) is 0 Å². The quantitative estimate of drug-likeness (QED) is 0.873. The number of anilines is 1. The molecular weight excluding hydrogens is 214 g/mol. The molecule has 88 valence electrons. The normalized spacial score (nSPS) is 14.9. The molecule has 0 aromatic carbocycles. The van der Waals surface area contributed by atoms with E-state index in [2.05, 4.69) is 20.4 Å². The number of aryl methyl sites for hydroxylation is 1. The van der Waals surface area contributed by atoms with Crippen molar-refractivity contribution in [1.82, 2.24) is 19.7 Å². The van der Waals surface area contributed by atoms with Gasteiger partial charge in [-0.05, 0) is 25.3 Å². The molecule has 5 heteroatoms. The Bertz CT molecular complexity index is 542. The summed E-state index contributed by atoms with van der Waals surface area (Å²) in [5, 5.41) is 7.36. The van der Waals surface area contributed by atoms with Crippen molar-refractivity contribution in [2.24, 2.45) is 0 Å². The summed E-state index contributed by atoms with van der Waals surface area (Å²) in [4.78, 5) is 9.06. The zero-order chi connectivity index (χ0) is 11.8. The number of rotatable bonds is 3. The molecule has 0 aliphatic heterocycles. The average molecular weight is 229 g/mol. The van der Waals surface area contributed by atoms with E-state index in [4.69, 9.17) is 0 Å². The van der Waals surface area contributed by atoms with Crippen LogP contribution in [0.5, 0.6) is 0 Å². The van der Waals surface area contributed by atoms with E-state index >= 15 is 0 Å². The van der Waals surface area contributed by atoms with Gasteiger partial charge in [-0.25, -0.2) is 14.6 Å². The van der Waals surface area contributed by atoms with Crippen LogP contribution in [0.15, 0.2) is 18.5 Å². The molecule has 2 aromatic heterocycles. The summed E-state index contributed by atoms with van der Waals surface area (Å²) in [6.45, 7) is 2.02. The fourth-order valence-electron chi connectivity index (χ4n) is 1.76.